The Hall–Kier alpha value is -1.10. The minimum atomic E-state index is -0.813. The highest BCUT2D eigenvalue weighted by atomic mass is 32.1. The highest BCUT2D eigenvalue weighted by molar-refractivity contribution is 7.09. The number of aromatic nitrogens is 1. The first-order valence-corrected chi connectivity index (χ1v) is 5.78. The predicted octanol–water partition coefficient (Wildman–Crippen LogP) is 1.65. The van der Waals surface area contributed by atoms with Crippen molar-refractivity contribution < 1.29 is 9.90 Å². The average molecular weight is 229 g/mol. The maximum Gasteiger partial charge on any atom is 0.307 e. The molecule has 0 fully saturated rings. The van der Waals surface area contributed by atoms with Gasteiger partial charge in [0.05, 0.1) is 0 Å². The van der Waals surface area contributed by atoms with Crippen LogP contribution in [0.3, 0.4) is 0 Å². The Morgan fingerprint density at radius 2 is 2.20 bits per heavy atom. The molecule has 0 saturated heterocycles. The van der Waals surface area contributed by atoms with Gasteiger partial charge in [-0.05, 0) is 19.8 Å². The highest BCUT2D eigenvalue weighted by Crippen LogP contribution is 2.12. The standard InChI is InChI=1S/C10H15NO3S/c1-3-8-7(2)11(10(14)15-8)6-4-5-9(12)13/h3-6H2,1-2H3,(H,12,13). The summed E-state index contributed by atoms with van der Waals surface area (Å²) < 4.78 is 1.67. The molecule has 0 aliphatic carbocycles. The number of thiazole rings is 1. The molecular formula is C10H15NO3S. The van der Waals surface area contributed by atoms with Crippen molar-refractivity contribution in [3.63, 3.8) is 0 Å². The third-order valence-electron chi connectivity index (χ3n) is 2.33. The molecule has 5 heteroatoms. The molecule has 1 heterocycles. The van der Waals surface area contributed by atoms with Gasteiger partial charge in [0, 0.05) is 23.5 Å². The molecule has 0 aromatic carbocycles. The number of hydrogen-bond acceptors (Lipinski definition) is 3. The van der Waals surface area contributed by atoms with Crippen LogP contribution in [-0.2, 0) is 17.8 Å². The lowest BCUT2D eigenvalue weighted by atomic mass is 10.3. The topological polar surface area (TPSA) is 59.3 Å². The molecule has 0 radical (unpaired) electrons. The van der Waals surface area contributed by atoms with E-state index in [1.54, 1.807) is 4.57 Å². The SMILES string of the molecule is CCc1sc(=O)n(CCCC(=O)O)c1C. The van der Waals surface area contributed by atoms with Crippen molar-refractivity contribution >= 4 is 17.3 Å². The van der Waals surface area contributed by atoms with Gasteiger partial charge in [0.2, 0.25) is 0 Å². The maximum atomic E-state index is 11.5. The normalized spacial score (nSPS) is 10.5. The Bertz CT molecular complexity index is 405. The van der Waals surface area contributed by atoms with Gasteiger partial charge < -0.3 is 9.67 Å². The van der Waals surface area contributed by atoms with E-state index in [0.717, 1.165) is 17.0 Å². The number of carbonyl (C=O) groups is 1. The molecule has 0 atom stereocenters. The average Bonchev–Trinajstić information content (AvgIpc) is 2.44. The summed E-state index contributed by atoms with van der Waals surface area (Å²) in [6.07, 6.45) is 1.48. The molecule has 0 amide bonds. The first kappa shape index (κ1) is 12.0. The fourth-order valence-corrected chi connectivity index (χ4v) is 2.45. The Morgan fingerprint density at radius 3 is 2.67 bits per heavy atom. The van der Waals surface area contributed by atoms with Crippen LogP contribution in [0.4, 0.5) is 0 Å². The van der Waals surface area contributed by atoms with Crippen LogP contribution < -0.4 is 4.87 Å². The quantitative estimate of drug-likeness (QED) is 0.835. The summed E-state index contributed by atoms with van der Waals surface area (Å²) in [5, 5.41) is 8.50. The van der Waals surface area contributed by atoms with Gasteiger partial charge in [0.1, 0.15) is 0 Å². The van der Waals surface area contributed by atoms with Gasteiger partial charge in [-0.25, -0.2) is 0 Å². The summed E-state index contributed by atoms with van der Waals surface area (Å²) in [5.74, 6) is -0.813. The van der Waals surface area contributed by atoms with Gasteiger partial charge in [-0.3, -0.25) is 9.59 Å². The molecular weight excluding hydrogens is 214 g/mol. The molecule has 15 heavy (non-hydrogen) atoms. The zero-order chi connectivity index (χ0) is 11.4. The molecule has 0 saturated carbocycles. The largest absolute Gasteiger partial charge is 0.481 e. The van der Waals surface area contributed by atoms with Crippen molar-refractivity contribution in [2.75, 3.05) is 0 Å². The van der Waals surface area contributed by atoms with E-state index < -0.39 is 5.97 Å². The van der Waals surface area contributed by atoms with Crippen LogP contribution in [-0.4, -0.2) is 15.6 Å². The van der Waals surface area contributed by atoms with E-state index in [9.17, 15) is 9.59 Å². The number of hydrogen-bond donors (Lipinski definition) is 1. The van der Waals surface area contributed by atoms with Gasteiger partial charge in [-0.1, -0.05) is 18.3 Å². The molecule has 0 spiro atoms. The van der Waals surface area contributed by atoms with Crippen LogP contribution in [0.15, 0.2) is 4.79 Å². The van der Waals surface area contributed by atoms with Crippen LogP contribution in [0.5, 0.6) is 0 Å². The molecule has 1 aromatic heterocycles. The molecule has 84 valence electrons. The van der Waals surface area contributed by atoms with Crippen molar-refractivity contribution in [2.45, 2.75) is 39.7 Å². The first-order chi connectivity index (χ1) is 7.06. The van der Waals surface area contributed by atoms with E-state index in [4.69, 9.17) is 5.11 Å². The van der Waals surface area contributed by atoms with Crippen LogP contribution >= 0.6 is 11.3 Å². The summed E-state index contributed by atoms with van der Waals surface area (Å²) in [6, 6.07) is 0. The molecule has 0 aliphatic heterocycles. The van der Waals surface area contributed by atoms with Crippen molar-refractivity contribution in [1.29, 1.82) is 0 Å². The van der Waals surface area contributed by atoms with E-state index in [0.29, 0.717) is 13.0 Å². The number of aliphatic carboxylic acids is 1. The molecule has 1 aromatic rings. The number of rotatable bonds is 5. The Balaban J connectivity index is 2.72. The monoisotopic (exact) mass is 229 g/mol. The molecule has 4 nitrogen and oxygen atoms in total. The van der Waals surface area contributed by atoms with E-state index >= 15 is 0 Å². The van der Waals surface area contributed by atoms with Crippen molar-refractivity contribution in [2.24, 2.45) is 0 Å². The van der Waals surface area contributed by atoms with Crippen LogP contribution in [0.25, 0.3) is 0 Å². The number of carboxylic acids is 1. The summed E-state index contributed by atoms with van der Waals surface area (Å²) in [4.78, 5) is 23.0. The Kier molecular flexibility index (Phi) is 4.08. The lowest BCUT2D eigenvalue weighted by molar-refractivity contribution is -0.137. The van der Waals surface area contributed by atoms with Crippen molar-refractivity contribution in [1.82, 2.24) is 4.57 Å². The van der Waals surface area contributed by atoms with Crippen LogP contribution in [0.1, 0.15) is 30.3 Å². The third kappa shape index (κ3) is 2.92. The van der Waals surface area contributed by atoms with Gasteiger partial charge in [-0.15, -0.1) is 0 Å². The van der Waals surface area contributed by atoms with E-state index in [1.165, 1.54) is 11.3 Å². The second-order valence-electron chi connectivity index (χ2n) is 3.38. The van der Waals surface area contributed by atoms with E-state index in [-0.39, 0.29) is 11.3 Å². The first-order valence-electron chi connectivity index (χ1n) is 4.97. The Morgan fingerprint density at radius 1 is 1.53 bits per heavy atom. The molecule has 0 aliphatic rings. The molecule has 0 unspecified atom stereocenters. The molecule has 1 N–H and O–H groups in total. The zero-order valence-corrected chi connectivity index (χ0v) is 9.76. The second-order valence-corrected chi connectivity index (χ2v) is 4.43. The minimum Gasteiger partial charge on any atom is -0.481 e. The lowest BCUT2D eigenvalue weighted by Gasteiger charge is -2.03. The lowest BCUT2D eigenvalue weighted by Crippen LogP contribution is -2.15. The predicted molar refractivity (Wildman–Crippen MR) is 59.6 cm³/mol. The third-order valence-corrected chi connectivity index (χ3v) is 3.56. The van der Waals surface area contributed by atoms with Crippen LogP contribution in [0.2, 0.25) is 0 Å². The summed E-state index contributed by atoms with van der Waals surface area (Å²) >= 11 is 1.26. The van der Waals surface area contributed by atoms with E-state index in [1.807, 2.05) is 13.8 Å². The van der Waals surface area contributed by atoms with Gasteiger partial charge in [0.15, 0.2) is 0 Å². The molecule has 1 rings (SSSR count). The second kappa shape index (κ2) is 5.11. The maximum absolute atomic E-state index is 11.5. The summed E-state index contributed by atoms with van der Waals surface area (Å²) in [6.45, 7) is 4.44. The molecule has 0 bridgehead atoms. The fourth-order valence-electron chi connectivity index (χ4n) is 1.50. The summed E-state index contributed by atoms with van der Waals surface area (Å²) in [7, 11) is 0. The van der Waals surface area contributed by atoms with E-state index in [2.05, 4.69) is 0 Å². The number of nitrogens with zero attached hydrogens (tertiary/aromatic N) is 1. The fraction of sp³-hybridized carbons (Fsp3) is 0.600. The van der Waals surface area contributed by atoms with Gasteiger partial charge in [-0.2, -0.15) is 0 Å². The van der Waals surface area contributed by atoms with Gasteiger partial charge in [0.25, 0.3) is 0 Å². The Labute approximate surface area is 92.2 Å². The zero-order valence-electron chi connectivity index (χ0n) is 8.95. The minimum absolute atomic E-state index is 0.0229. The van der Waals surface area contributed by atoms with Crippen molar-refractivity contribution in [3.8, 4) is 0 Å². The number of aryl methyl sites for hydroxylation is 1. The highest BCUT2D eigenvalue weighted by Gasteiger charge is 2.09. The smallest absolute Gasteiger partial charge is 0.307 e. The van der Waals surface area contributed by atoms with Crippen molar-refractivity contribution in [3.05, 3.63) is 20.2 Å². The number of carboxylic acid groups (broad SMARTS) is 1. The van der Waals surface area contributed by atoms with Gasteiger partial charge >= 0.3 is 10.8 Å². The van der Waals surface area contributed by atoms with Crippen LogP contribution in [0, 0.1) is 6.92 Å². The summed E-state index contributed by atoms with van der Waals surface area (Å²) in [5.41, 5.74) is 0.984.